The molecular formula is C15H14OS. The first-order chi connectivity index (χ1) is 8.35. The number of rotatable bonds is 4. The highest BCUT2D eigenvalue weighted by molar-refractivity contribution is 7.75. The first-order valence-corrected chi connectivity index (χ1v) is 5.81. The van der Waals surface area contributed by atoms with E-state index in [1.165, 1.54) is 5.56 Å². The Morgan fingerprint density at radius 1 is 1.06 bits per heavy atom. The van der Waals surface area contributed by atoms with Gasteiger partial charge in [0.15, 0.2) is 0 Å². The summed E-state index contributed by atoms with van der Waals surface area (Å²) in [5.74, 6) is 0.787. The second kappa shape index (κ2) is 5.60. The number of hydrogen-bond donors (Lipinski definition) is 1. The second-order valence-corrected chi connectivity index (χ2v) is 3.98. The normalized spacial score (nSPS) is 9.94. The van der Waals surface area contributed by atoms with E-state index in [0.717, 1.165) is 23.3 Å². The fourth-order valence-electron chi connectivity index (χ4n) is 1.83. The van der Waals surface area contributed by atoms with E-state index in [4.69, 9.17) is 4.18 Å². The van der Waals surface area contributed by atoms with Crippen molar-refractivity contribution in [2.75, 3.05) is 0 Å². The van der Waals surface area contributed by atoms with Crippen LogP contribution >= 0.6 is 12.9 Å². The maximum absolute atomic E-state index is 5.16. The molecule has 1 nitrogen and oxygen atoms in total. The molecule has 0 saturated carbocycles. The summed E-state index contributed by atoms with van der Waals surface area (Å²) in [5.41, 5.74) is 3.33. The van der Waals surface area contributed by atoms with E-state index < -0.39 is 0 Å². The van der Waals surface area contributed by atoms with Crippen LogP contribution in [-0.2, 0) is 6.42 Å². The number of para-hydroxylation sites is 1. The molecule has 0 radical (unpaired) electrons. The smallest absolute Gasteiger partial charge is 0.147 e. The van der Waals surface area contributed by atoms with Crippen LogP contribution in [0.1, 0.15) is 16.7 Å². The third-order valence-corrected chi connectivity index (χ3v) is 2.86. The van der Waals surface area contributed by atoms with Gasteiger partial charge in [0.2, 0.25) is 0 Å². The SMILES string of the molecule is C=Cc1cccc(Cc2ccccc2)c1OS. The molecule has 0 unspecified atom stereocenters. The zero-order chi connectivity index (χ0) is 12.1. The van der Waals surface area contributed by atoms with Crippen molar-refractivity contribution in [1.29, 1.82) is 0 Å². The lowest BCUT2D eigenvalue weighted by molar-refractivity contribution is 0.647. The molecule has 0 aliphatic heterocycles. The van der Waals surface area contributed by atoms with Crippen LogP contribution in [0.3, 0.4) is 0 Å². The van der Waals surface area contributed by atoms with E-state index in [-0.39, 0.29) is 0 Å². The van der Waals surface area contributed by atoms with Crippen LogP contribution in [0.15, 0.2) is 55.1 Å². The Morgan fingerprint density at radius 2 is 1.82 bits per heavy atom. The van der Waals surface area contributed by atoms with Crippen LogP contribution in [0.25, 0.3) is 6.08 Å². The monoisotopic (exact) mass is 242 g/mol. The van der Waals surface area contributed by atoms with Gasteiger partial charge >= 0.3 is 0 Å². The lowest BCUT2D eigenvalue weighted by atomic mass is 10.0. The molecule has 2 heteroatoms. The predicted octanol–water partition coefficient (Wildman–Crippen LogP) is 4.14. The Labute approximate surface area is 107 Å². The van der Waals surface area contributed by atoms with Crippen LogP contribution < -0.4 is 4.18 Å². The molecule has 0 aromatic heterocycles. The van der Waals surface area contributed by atoms with Gasteiger partial charge < -0.3 is 4.18 Å². The molecule has 2 aromatic carbocycles. The Morgan fingerprint density at radius 3 is 2.47 bits per heavy atom. The lowest BCUT2D eigenvalue weighted by Crippen LogP contribution is -1.93. The molecule has 86 valence electrons. The fraction of sp³-hybridized carbons (Fsp3) is 0.0667. The van der Waals surface area contributed by atoms with E-state index in [9.17, 15) is 0 Å². The van der Waals surface area contributed by atoms with Crippen LogP contribution in [0.5, 0.6) is 5.75 Å². The van der Waals surface area contributed by atoms with Crippen molar-refractivity contribution in [3.8, 4) is 5.75 Å². The number of thiol groups is 1. The zero-order valence-corrected chi connectivity index (χ0v) is 10.4. The lowest BCUT2D eigenvalue weighted by Gasteiger charge is -2.10. The van der Waals surface area contributed by atoms with Gasteiger partial charge in [0.1, 0.15) is 5.75 Å². The Hall–Kier alpha value is -1.67. The summed E-state index contributed by atoms with van der Waals surface area (Å²) in [6.07, 6.45) is 2.61. The summed E-state index contributed by atoms with van der Waals surface area (Å²) in [7, 11) is 0. The van der Waals surface area contributed by atoms with Crippen LogP contribution in [0.4, 0.5) is 0 Å². The molecule has 0 bridgehead atoms. The Kier molecular flexibility index (Phi) is 3.89. The number of benzene rings is 2. The standard InChI is InChI=1S/C15H14OS/c1-2-13-9-6-10-14(15(13)16-17)11-12-7-4-3-5-8-12/h2-10,17H,1,11H2. The largest absolute Gasteiger partial charge is 0.428 e. The molecule has 0 N–H and O–H groups in total. The third kappa shape index (κ3) is 2.71. The van der Waals surface area contributed by atoms with Crippen molar-refractivity contribution in [3.63, 3.8) is 0 Å². The van der Waals surface area contributed by atoms with Gasteiger partial charge in [0, 0.05) is 30.5 Å². The highest BCUT2D eigenvalue weighted by Gasteiger charge is 2.07. The number of hydrogen-bond acceptors (Lipinski definition) is 2. The van der Waals surface area contributed by atoms with E-state index in [2.05, 4.69) is 31.6 Å². The van der Waals surface area contributed by atoms with Crippen molar-refractivity contribution in [3.05, 3.63) is 71.8 Å². The fourth-order valence-corrected chi connectivity index (χ4v) is 2.05. The average molecular weight is 242 g/mol. The van der Waals surface area contributed by atoms with Crippen molar-refractivity contribution >= 4 is 19.0 Å². The first kappa shape index (κ1) is 11.8. The van der Waals surface area contributed by atoms with Gasteiger partial charge in [-0.05, 0) is 5.56 Å². The van der Waals surface area contributed by atoms with Crippen LogP contribution in [0, 0.1) is 0 Å². The van der Waals surface area contributed by atoms with Crippen LogP contribution in [-0.4, -0.2) is 0 Å². The summed E-state index contributed by atoms with van der Waals surface area (Å²) < 4.78 is 5.16. The minimum atomic E-state index is 0.787. The molecule has 2 aromatic rings. The van der Waals surface area contributed by atoms with Crippen molar-refractivity contribution in [2.24, 2.45) is 0 Å². The molecule has 0 atom stereocenters. The minimum Gasteiger partial charge on any atom is -0.428 e. The molecule has 17 heavy (non-hydrogen) atoms. The summed E-state index contributed by atoms with van der Waals surface area (Å²) in [6.45, 7) is 3.77. The van der Waals surface area contributed by atoms with E-state index in [1.54, 1.807) is 6.08 Å². The zero-order valence-electron chi connectivity index (χ0n) is 9.47. The Bertz CT molecular complexity index is 506. The van der Waals surface area contributed by atoms with Gasteiger partial charge in [-0.25, -0.2) is 0 Å². The van der Waals surface area contributed by atoms with Gasteiger partial charge in [-0.1, -0.05) is 61.2 Å². The van der Waals surface area contributed by atoms with E-state index in [0.29, 0.717) is 0 Å². The van der Waals surface area contributed by atoms with E-state index >= 15 is 0 Å². The van der Waals surface area contributed by atoms with Crippen molar-refractivity contribution in [1.82, 2.24) is 0 Å². The average Bonchev–Trinajstić information content (AvgIpc) is 2.39. The summed E-state index contributed by atoms with van der Waals surface area (Å²) in [5, 5.41) is 0. The molecule has 0 aliphatic rings. The highest BCUT2D eigenvalue weighted by atomic mass is 32.1. The predicted molar refractivity (Wildman–Crippen MR) is 75.4 cm³/mol. The topological polar surface area (TPSA) is 9.23 Å². The molecule has 0 amide bonds. The quantitative estimate of drug-likeness (QED) is 0.626. The van der Waals surface area contributed by atoms with Gasteiger partial charge in [-0.3, -0.25) is 0 Å². The highest BCUT2D eigenvalue weighted by Crippen LogP contribution is 2.28. The second-order valence-electron chi connectivity index (χ2n) is 3.79. The molecular weight excluding hydrogens is 228 g/mol. The molecule has 0 fully saturated rings. The van der Waals surface area contributed by atoms with Gasteiger partial charge in [0.05, 0.1) is 0 Å². The van der Waals surface area contributed by atoms with Crippen molar-refractivity contribution < 1.29 is 4.18 Å². The molecule has 2 rings (SSSR count). The van der Waals surface area contributed by atoms with Crippen LogP contribution in [0.2, 0.25) is 0 Å². The third-order valence-electron chi connectivity index (χ3n) is 2.68. The van der Waals surface area contributed by atoms with E-state index in [1.807, 2.05) is 36.4 Å². The Balaban J connectivity index is 2.36. The summed E-state index contributed by atoms with van der Waals surface area (Å²) >= 11 is 3.92. The molecule has 0 aliphatic carbocycles. The van der Waals surface area contributed by atoms with Gasteiger partial charge in [-0.15, -0.1) is 0 Å². The van der Waals surface area contributed by atoms with Crippen molar-refractivity contribution in [2.45, 2.75) is 6.42 Å². The maximum Gasteiger partial charge on any atom is 0.147 e. The molecule has 0 saturated heterocycles. The molecule has 0 spiro atoms. The minimum absolute atomic E-state index is 0.787. The van der Waals surface area contributed by atoms with Gasteiger partial charge in [0.25, 0.3) is 0 Å². The van der Waals surface area contributed by atoms with Gasteiger partial charge in [-0.2, -0.15) is 0 Å². The summed E-state index contributed by atoms with van der Waals surface area (Å²) in [6, 6.07) is 16.3. The first-order valence-electron chi connectivity index (χ1n) is 5.45. The summed E-state index contributed by atoms with van der Waals surface area (Å²) in [4.78, 5) is 0. The maximum atomic E-state index is 5.16. The molecule has 0 heterocycles.